The van der Waals surface area contributed by atoms with E-state index in [1.54, 1.807) is 0 Å². The smallest absolute Gasteiger partial charge is 0.154 e. The second-order valence-corrected chi connectivity index (χ2v) is 2.17. The van der Waals surface area contributed by atoms with E-state index in [0.717, 1.165) is 25.9 Å². The molecule has 1 saturated heterocycles. The van der Waals surface area contributed by atoms with Gasteiger partial charge in [-0.15, -0.1) is 0 Å². The zero-order valence-electron chi connectivity index (χ0n) is 4.97. The molecule has 1 N–H and O–H groups in total. The highest BCUT2D eigenvalue weighted by molar-refractivity contribution is 4.50. The maximum atomic E-state index is 8.87. The Kier molecular flexibility index (Phi) is 2.30. The molecule has 0 unspecified atom stereocenters. The van der Waals surface area contributed by atoms with E-state index < -0.39 is 6.29 Å². The molecule has 0 aliphatic carbocycles. The van der Waals surface area contributed by atoms with Gasteiger partial charge in [0.1, 0.15) is 0 Å². The first-order valence-corrected chi connectivity index (χ1v) is 3.19. The highest BCUT2D eigenvalue weighted by atomic mass is 16.6. The second-order valence-electron chi connectivity index (χ2n) is 2.17. The standard InChI is InChI=1S/C6H12O2/c7-6-4-2-1-3-5-8-6/h6-7H,1-5H2/t6-/m1/s1. The molecule has 2 nitrogen and oxygen atoms in total. The summed E-state index contributed by atoms with van der Waals surface area (Å²) >= 11 is 0. The minimum absolute atomic E-state index is 0.475. The first-order chi connectivity index (χ1) is 3.89. The van der Waals surface area contributed by atoms with E-state index in [0.29, 0.717) is 0 Å². The quantitative estimate of drug-likeness (QED) is 0.509. The fraction of sp³-hybridized carbons (Fsp3) is 1.00. The number of aliphatic hydroxyl groups is 1. The second kappa shape index (κ2) is 3.05. The van der Waals surface area contributed by atoms with Crippen LogP contribution in [-0.2, 0) is 4.74 Å². The van der Waals surface area contributed by atoms with Gasteiger partial charge in [0.15, 0.2) is 6.29 Å². The minimum Gasteiger partial charge on any atom is -0.368 e. The zero-order valence-corrected chi connectivity index (χ0v) is 4.97. The Bertz CT molecular complexity index is 55.5. The summed E-state index contributed by atoms with van der Waals surface area (Å²) in [5.74, 6) is 0. The van der Waals surface area contributed by atoms with Crippen molar-refractivity contribution in [3.05, 3.63) is 0 Å². The van der Waals surface area contributed by atoms with Crippen molar-refractivity contribution < 1.29 is 9.84 Å². The predicted molar refractivity (Wildman–Crippen MR) is 30.4 cm³/mol. The van der Waals surface area contributed by atoms with E-state index in [2.05, 4.69) is 0 Å². The molecule has 1 atom stereocenters. The molecular weight excluding hydrogens is 104 g/mol. The Labute approximate surface area is 49.5 Å². The van der Waals surface area contributed by atoms with Gasteiger partial charge in [-0.05, 0) is 19.3 Å². The predicted octanol–water partition coefficient (Wildman–Crippen LogP) is 0.895. The third-order valence-corrected chi connectivity index (χ3v) is 1.41. The third kappa shape index (κ3) is 1.80. The molecule has 0 amide bonds. The van der Waals surface area contributed by atoms with Crippen LogP contribution in [0.2, 0.25) is 0 Å². The average molecular weight is 116 g/mol. The SMILES string of the molecule is O[C@H]1CCCCCO1. The molecule has 1 heterocycles. The van der Waals surface area contributed by atoms with Crippen molar-refractivity contribution in [3.63, 3.8) is 0 Å². The lowest BCUT2D eigenvalue weighted by molar-refractivity contribution is -0.0954. The van der Waals surface area contributed by atoms with Crippen LogP contribution in [0.3, 0.4) is 0 Å². The van der Waals surface area contributed by atoms with E-state index in [9.17, 15) is 0 Å². The van der Waals surface area contributed by atoms with Crippen molar-refractivity contribution in [2.45, 2.75) is 32.0 Å². The average Bonchev–Trinajstić information content (AvgIpc) is 1.94. The molecule has 1 aliphatic heterocycles. The summed E-state index contributed by atoms with van der Waals surface area (Å²) in [5, 5.41) is 8.87. The van der Waals surface area contributed by atoms with Gasteiger partial charge in [-0.1, -0.05) is 6.42 Å². The summed E-state index contributed by atoms with van der Waals surface area (Å²) in [6.07, 6.45) is 3.77. The summed E-state index contributed by atoms with van der Waals surface area (Å²) in [7, 11) is 0. The first kappa shape index (κ1) is 6.05. The number of rotatable bonds is 0. The molecule has 0 bridgehead atoms. The van der Waals surface area contributed by atoms with E-state index >= 15 is 0 Å². The minimum atomic E-state index is -0.475. The molecule has 0 saturated carbocycles. The van der Waals surface area contributed by atoms with Gasteiger partial charge in [-0.2, -0.15) is 0 Å². The molecule has 1 fully saturated rings. The van der Waals surface area contributed by atoms with Gasteiger partial charge >= 0.3 is 0 Å². The van der Waals surface area contributed by atoms with Crippen LogP contribution in [0.4, 0.5) is 0 Å². The third-order valence-electron chi connectivity index (χ3n) is 1.41. The van der Waals surface area contributed by atoms with Crippen LogP contribution in [0.25, 0.3) is 0 Å². The highest BCUT2D eigenvalue weighted by Crippen LogP contribution is 2.09. The van der Waals surface area contributed by atoms with Crippen molar-refractivity contribution >= 4 is 0 Å². The lowest BCUT2D eigenvalue weighted by atomic mass is 10.2. The fourth-order valence-electron chi connectivity index (χ4n) is 0.901. The Balaban J connectivity index is 2.17. The molecule has 0 aromatic carbocycles. The van der Waals surface area contributed by atoms with Crippen LogP contribution >= 0.6 is 0 Å². The largest absolute Gasteiger partial charge is 0.368 e. The Hall–Kier alpha value is -0.0800. The van der Waals surface area contributed by atoms with E-state index in [1.807, 2.05) is 0 Å². The highest BCUT2D eigenvalue weighted by Gasteiger charge is 2.06. The van der Waals surface area contributed by atoms with Crippen molar-refractivity contribution in [3.8, 4) is 0 Å². The Morgan fingerprint density at radius 1 is 1.25 bits per heavy atom. The van der Waals surface area contributed by atoms with Crippen molar-refractivity contribution in [1.82, 2.24) is 0 Å². The van der Waals surface area contributed by atoms with Gasteiger partial charge in [0.05, 0.1) is 0 Å². The molecule has 1 aliphatic rings. The summed E-state index contributed by atoms with van der Waals surface area (Å²) in [5.41, 5.74) is 0. The van der Waals surface area contributed by atoms with E-state index in [1.165, 1.54) is 6.42 Å². The maximum Gasteiger partial charge on any atom is 0.154 e. The van der Waals surface area contributed by atoms with Gasteiger partial charge in [0, 0.05) is 6.61 Å². The summed E-state index contributed by atoms with van der Waals surface area (Å²) in [4.78, 5) is 0. The van der Waals surface area contributed by atoms with Crippen LogP contribution in [0, 0.1) is 0 Å². The maximum absolute atomic E-state index is 8.87. The van der Waals surface area contributed by atoms with E-state index in [4.69, 9.17) is 9.84 Å². The van der Waals surface area contributed by atoms with Crippen molar-refractivity contribution in [2.75, 3.05) is 6.61 Å². The fourth-order valence-corrected chi connectivity index (χ4v) is 0.901. The molecule has 2 heteroatoms. The van der Waals surface area contributed by atoms with Gasteiger partial charge in [0.2, 0.25) is 0 Å². The molecule has 0 spiro atoms. The molecule has 0 radical (unpaired) electrons. The topological polar surface area (TPSA) is 29.5 Å². The zero-order chi connectivity index (χ0) is 5.82. The number of hydrogen-bond acceptors (Lipinski definition) is 2. The van der Waals surface area contributed by atoms with E-state index in [-0.39, 0.29) is 0 Å². The van der Waals surface area contributed by atoms with Crippen LogP contribution in [0.1, 0.15) is 25.7 Å². The number of ether oxygens (including phenoxy) is 1. The lowest BCUT2D eigenvalue weighted by Gasteiger charge is -2.04. The van der Waals surface area contributed by atoms with Crippen LogP contribution in [-0.4, -0.2) is 18.0 Å². The Morgan fingerprint density at radius 2 is 2.12 bits per heavy atom. The van der Waals surface area contributed by atoms with Crippen molar-refractivity contribution in [1.29, 1.82) is 0 Å². The van der Waals surface area contributed by atoms with Gasteiger partial charge in [-0.3, -0.25) is 0 Å². The monoisotopic (exact) mass is 116 g/mol. The first-order valence-electron chi connectivity index (χ1n) is 3.19. The molecule has 0 aromatic heterocycles. The normalized spacial score (nSPS) is 31.9. The van der Waals surface area contributed by atoms with Gasteiger partial charge in [-0.25, -0.2) is 0 Å². The lowest BCUT2D eigenvalue weighted by Crippen LogP contribution is -2.08. The van der Waals surface area contributed by atoms with Gasteiger partial charge < -0.3 is 9.84 Å². The summed E-state index contributed by atoms with van der Waals surface area (Å²) in [6.45, 7) is 0.737. The molecule has 1 rings (SSSR count). The van der Waals surface area contributed by atoms with Gasteiger partial charge in [0.25, 0.3) is 0 Å². The van der Waals surface area contributed by atoms with Crippen LogP contribution in [0.15, 0.2) is 0 Å². The summed E-state index contributed by atoms with van der Waals surface area (Å²) < 4.78 is 4.96. The number of aliphatic hydroxyl groups excluding tert-OH is 1. The molecule has 0 aromatic rings. The summed E-state index contributed by atoms with van der Waals surface area (Å²) in [6, 6.07) is 0. The molecule has 8 heavy (non-hydrogen) atoms. The van der Waals surface area contributed by atoms with Crippen molar-refractivity contribution in [2.24, 2.45) is 0 Å². The van der Waals surface area contributed by atoms with Crippen LogP contribution < -0.4 is 0 Å². The Morgan fingerprint density at radius 3 is 3.00 bits per heavy atom. The van der Waals surface area contributed by atoms with Crippen LogP contribution in [0.5, 0.6) is 0 Å². The number of hydrogen-bond donors (Lipinski definition) is 1. The molecule has 48 valence electrons. The molecular formula is C6H12O2.